The lowest BCUT2D eigenvalue weighted by molar-refractivity contribution is 0.102. The highest BCUT2D eigenvalue weighted by molar-refractivity contribution is 7.89. The molecule has 0 atom stereocenters. The minimum absolute atomic E-state index is 0.00266. The smallest absolute Gasteiger partial charge is 0.255 e. The zero-order valence-corrected chi connectivity index (χ0v) is 18.2. The molecule has 0 saturated carbocycles. The molecule has 164 valence electrons. The standard InChI is InChI=1S/C20H22N4O5S2/c1-2-13-22-30(26,27)15-16-4-8-18(9-5-16)24-20(25)17-6-10-19(11-7-17)31(28,29)23-14-3-12-21/h2,4-11,22-23H,1,3,13-15H2,(H,24,25). The van der Waals surface area contributed by atoms with Gasteiger partial charge in [0.05, 0.1) is 16.7 Å². The van der Waals surface area contributed by atoms with Crippen molar-refractivity contribution in [2.75, 3.05) is 18.4 Å². The number of benzene rings is 2. The molecular weight excluding hydrogens is 440 g/mol. The summed E-state index contributed by atoms with van der Waals surface area (Å²) in [4.78, 5) is 12.4. The summed E-state index contributed by atoms with van der Waals surface area (Å²) in [6.07, 6.45) is 1.50. The first-order valence-corrected chi connectivity index (χ1v) is 12.3. The first-order chi connectivity index (χ1) is 14.7. The molecule has 0 aromatic heterocycles. The predicted molar refractivity (Wildman–Crippen MR) is 117 cm³/mol. The fraction of sp³-hybridized carbons (Fsp3) is 0.200. The average Bonchev–Trinajstić information content (AvgIpc) is 2.74. The third-order valence-corrected chi connectivity index (χ3v) is 6.77. The molecular formula is C20H22N4O5S2. The van der Waals surface area contributed by atoms with Crippen LogP contribution in [0.15, 0.2) is 66.1 Å². The zero-order chi connectivity index (χ0) is 22.9. The Morgan fingerprint density at radius 1 is 1.00 bits per heavy atom. The molecule has 1 amide bonds. The molecule has 11 heteroatoms. The van der Waals surface area contributed by atoms with Crippen molar-refractivity contribution in [1.82, 2.24) is 9.44 Å². The van der Waals surface area contributed by atoms with Gasteiger partial charge in [0.2, 0.25) is 20.0 Å². The minimum Gasteiger partial charge on any atom is -0.322 e. The normalized spacial score (nSPS) is 11.5. The lowest BCUT2D eigenvalue weighted by Crippen LogP contribution is -2.25. The summed E-state index contributed by atoms with van der Waals surface area (Å²) in [5.74, 6) is -0.651. The van der Waals surface area contributed by atoms with Crippen LogP contribution in [0, 0.1) is 11.3 Å². The second-order valence-corrected chi connectivity index (χ2v) is 9.95. The lowest BCUT2D eigenvalue weighted by atomic mass is 10.2. The SMILES string of the molecule is C=CCNS(=O)(=O)Cc1ccc(NC(=O)c2ccc(S(=O)(=O)NCCC#N)cc2)cc1. The van der Waals surface area contributed by atoms with Crippen LogP contribution in [-0.4, -0.2) is 35.8 Å². The molecule has 0 radical (unpaired) electrons. The van der Waals surface area contributed by atoms with E-state index in [4.69, 9.17) is 5.26 Å². The topological polar surface area (TPSA) is 145 Å². The van der Waals surface area contributed by atoms with Crippen LogP contribution in [0.3, 0.4) is 0 Å². The first kappa shape index (κ1) is 24.2. The average molecular weight is 463 g/mol. The van der Waals surface area contributed by atoms with Crippen molar-refractivity contribution in [3.05, 3.63) is 72.3 Å². The number of hydrogen-bond donors (Lipinski definition) is 3. The van der Waals surface area contributed by atoms with Gasteiger partial charge in [-0.25, -0.2) is 26.3 Å². The Kier molecular flexibility index (Phi) is 8.47. The Balaban J connectivity index is 2.00. The number of anilines is 1. The van der Waals surface area contributed by atoms with Crippen molar-refractivity contribution >= 4 is 31.6 Å². The van der Waals surface area contributed by atoms with Gasteiger partial charge in [0.15, 0.2) is 0 Å². The molecule has 0 spiro atoms. The largest absolute Gasteiger partial charge is 0.322 e. The van der Waals surface area contributed by atoms with Crippen molar-refractivity contribution in [3.8, 4) is 6.07 Å². The quantitative estimate of drug-likeness (QED) is 0.342. The van der Waals surface area contributed by atoms with E-state index in [1.807, 2.05) is 6.07 Å². The summed E-state index contributed by atoms with van der Waals surface area (Å²) in [5.41, 5.74) is 1.25. The van der Waals surface area contributed by atoms with Crippen LogP contribution >= 0.6 is 0 Å². The molecule has 0 heterocycles. The molecule has 0 unspecified atom stereocenters. The number of carbonyl (C=O) groups excluding carboxylic acids is 1. The Labute approximate surface area is 181 Å². The number of sulfonamides is 2. The number of carbonyl (C=O) groups is 1. The molecule has 2 aromatic carbocycles. The maximum Gasteiger partial charge on any atom is 0.255 e. The molecule has 0 aliphatic rings. The van der Waals surface area contributed by atoms with E-state index in [2.05, 4.69) is 21.3 Å². The van der Waals surface area contributed by atoms with E-state index in [1.54, 1.807) is 24.3 Å². The van der Waals surface area contributed by atoms with Crippen LogP contribution in [0.25, 0.3) is 0 Å². The van der Waals surface area contributed by atoms with Crippen LogP contribution in [0.2, 0.25) is 0 Å². The zero-order valence-electron chi connectivity index (χ0n) is 16.5. The molecule has 0 saturated heterocycles. The van der Waals surface area contributed by atoms with E-state index in [1.165, 1.54) is 30.3 Å². The molecule has 0 aliphatic carbocycles. The van der Waals surface area contributed by atoms with Crippen molar-refractivity contribution < 1.29 is 21.6 Å². The van der Waals surface area contributed by atoms with E-state index >= 15 is 0 Å². The van der Waals surface area contributed by atoms with Gasteiger partial charge in [-0.1, -0.05) is 18.2 Å². The van der Waals surface area contributed by atoms with Gasteiger partial charge < -0.3 is 5.32 Å². The van der Waals surface area contributed by atoms with Crippen molar-refractivity contribution in [2.24, 2.45) is 0 Å². The first-order valence-electron chi connectivity index (χ1n) is 9.12. The Morgan fingerprint density at radius 3 is 2.23 bits per heavy atom. The summed E-state index contributed by atoms with van der Waals surface area (Å²) in [5, 5.41) is 11.2. The number of amides is 1. The van der Waals surface area contributed by atoms with Gasteiger partial charge in [-0.15, -0.1) is 6.58 Å². The van der Waals surface area contributed by atoms with Gasteiger partial charge in [-0.3, -0.25) is 4.79 Å². The van der Waals surface area contributed by atoms with E-state index in [0.29, 0.717) is 11.3 Å². The molecule has 9 nitrogen and oxygen atoms in total. The summed E-state index contributed by atoms with van der Waals surface area (Å²) in [7, 11) is -7.23. The molecule has 3 N–H and O–H groups in total. The third-order valence-electron chi connectivity index (χ3n) is 3.97. The molecule has 2 aromatic rings. The van der Waals surface area contributed by atoms with Gasteiger partial charge in [-0.05, 0) is 42.0 Å². The van der Waals surface area contributed by atoms with E-state index in [9.17, 15) is 21.6 Å². The number of nitrogens with zero attached hydrogens (tertiary/aromatic N) is 1. The van der Waals surface area contributed by atoms with E-state index in [-0.39, 0.29) is 35.7 Å². The second-order valence-electron chi connectivity index (χ2n) is 6.38. The number of nitrogens with one attached hydrogen (secondary N) is 3. The molecule has 2 rings (SSSR count). The summed E-state index contributed by atoms with van der Waals surface area (Å²) < 4.78 is 52.6. The summed E-state index contributed by atoms with van der Waals surface area (Å²) in [6, 6.07) is 13.5. The van der Waals surface area contributed by atoms with Crippen LogP contribution < -0.4 is 14.8 Å². The van der Waals surface area contributed by atoms with Crippen LogP contribution in [0.1, 0.15) is 22.3 Å². The highest BCUT2D eigenvalue weighted by atomic mass is 32.2. The molecule has 31 heavy (non-hydrogen) atoms. The summed E-state index contributed by atoms with van der Waals surface area (Å²) in [6.45, 7) is 3.60. The van der Waals surface area contributed by atoms with Gasteiger partial charge in [-0.2, -0.15) is 5.26 Å². The van der Waals surface area contributed by atoms with E-state index < -0.39 is 26.0 Å². The highest BCUT2D eigenvalue weighted by Crippen LogP contribution is 2.15. The molecule has 0 bridgehead atoms. The Bertz CT molecular complexity index is 1170. The predicted octanol–water partition coefficient (Wildman–Crippen LogP) is 1.74. The van der Waals surface area contributed by atoms with Gasteiger partial charge >= 0.3 is 0 Å². The number of nitriles is 1. The second kappa shape index (κ2) is 10.8. The van der Waals surface area contributed by atoms with Crippen molar-refractivity contribution in [3.63, 3.8) is 0 Å². The highest BCUT2D eigenvalue weighted by Gasteiger charge is 2.15. The summed E-state index contributed by atoms with van der Waals surface area (Å²) >= 11 is 0. The van der Waals surface area contributed by atoms with Gasteiger partial charge in [0.25, 0.3) is 5.91 Å². The minimum atomic E-state index is -3.75. The van der Waals surface area contributed by atoms with Crippen LogP contribution in [-0.2, 0) is 25.8 Å². The third kappa shape index (κ3) is 7.62. The number of hydrogen-bond acceptors (Lipinski definition) is 6. The van der Waals surface area contributed by atoms with Gasteiger partial charge in [0.1, 0.15) is 0 Å². The van der Waals surface area contributed by atoms with Crippen molar-refractivity contribution in [2.45, 2.75) is 17.1 Å². The number of rotatable bonds is 11. The fourth-order valence-corrected chi connectivity index (χ4v) is 4.59. The maximum atomic E-state index is 12.4. The maximum absolute atomic E-state index is 12.4. The van der Waals surface area contributed by atoms with Crippen molar-refractivity contribution in [1.29, 1.82) is 5.26 Å². The molecule has 0 aliphatic heterocycles. The van der Waals surface area contributed by atoms with Crippen LogP contribution in [0.5, 0.6) is 0 Å². The van der Waals surface area contributed by atoms with Crippen LogP contribution in [0.4, 0.5) is 5.69 Å². The fourth-order valence-electron chi connectivity index (χ4n) is 2.45. The van der Waals surface area contributed by atoms with E-state index in [0.717, 1.165) is 0 Å². The lowest BCUT2D eigenvalue weighted by Gasteiger charge is -2.09. The Morgan fingerprint density at radius 2 is 1.65 bits per heavy atom. The monoisotopic (exact) mass is 462 g/mol. The molecule has 0 fully saturated rings. The Hall–Kier alpha value is -3.04. The van der Waals surface area contributed by atoms with Gasteiger partial charge in [0, 0.05) is 30.8 Å².